The van der Waals surface area contributed by atoms with E-state index < -0.39 is 5.91 Å². The molecule has 1 fully saturated rings. The topological polar surface area (TPSA) is 126 Å². The first kappa shape index (κ1) is 20.6. The zero-order chi connectivity index (χ0) is 20.6. The van der Waals surface area contributed by atoms with Crippen molar-refractivity contribution in [3.05, 3.63) is 35.4 Å². The van der Waals surface area contributed by atoms with Gasteiger partial charge in [0.25, 0.3) is 5.91 Å². The fourth-order valence-corrected chi connectivity index (χ4v) is 3.58. The van der Waals surface area contributed by atoms with Crippen LogP contribution in [0.1, 0.15) is 36.1 Å². The van der Waals surface area contributed by atoms with E-state index in [-0.39, 0.29) is 30.3 Å². The molecule has 154 valence electrons. The highest BCUT2D eigenvalue weighted by Gasteiger charge is 2.24. The van der Waals surface area contributed by atoms with Crippen molar-refractivity contribution < 1.29 is 19.1 Å². The number of nitrogens with zero attached hydrogens (tertiary/aromatic N) is 4. The molecule has 1 aliphatic rings. The molecule has 3 amide bonds. The quantitative estimate of drug-likeness (QED) is 0.727. The van der Waals surface area contributed by atoms with E-state index in [9.17, 15) is 14.4 Å². The lowest BCUT2D eigenvalue weighted by Gasteiger charge is -2.31. The van der Waals surface area contributed by atoms with Crippen molar-refractivity contribution >= 4 is 34.4 Å². The molecule has 1 saturated heterocycles. The van der Waals surface area contributed by atoms with Gasteiger partial charge in [-0.2, -0.15) is 0 Å². The second kappa shape index (κ2) is 9.92. The molecule has 2 N–H and O–H groups in total. The van der Waals surface area contributed by atoms with Crippen LogP contribution in [0.25, 0.3) is 0 Å². The van der Waals surface area contributed by atoms with Crippen LogP contribution in [0, 0.1) is 0 Å². The number of anilines is 1. The van der Waals surface area contributed by atoms with Crippen molar-refractivity contribution in [1.29, 1.82) is 0 Å². The van der Waals surface area contributed by atoms with Crippen LogP contribution in [0.4, 0.5) is 9.93 Å². The average Bonchev–Trinajstić information content (AvgIpc) is 3.15. The molecule has 1 aliphatic heterocycles. The van der Waals surface area contributed by atoms with Crippen LogP contribution < -0.4 is 10.6 Å². The Morgan fingerprint density at radius 3 is 2.66 bits per heavy atom. The number of nitrogens with one attached hydrogen (secondary N) is 2. The summed E-state index contributed by atoms with van der Waals surface area (Å²) in [5.41, 5.74) is 0.570. The van der Waals surface area contributed by atoms with E-state index in [1.807, 2.05) is 0 Å². The van der Waals surface area contributed by atoms with Crippen molar-refractivity contribution in [2.45, 2.75) is 32.2 Å². The number of carbonyl (C=O) groups is 3. The molecule has 2 aromatic heterocycles. The van der Waals surface area contributed by atoms with E-state index >= 15 is 0 Å². The molecular formula is C18H22N6O4S. The van der Waals surface area contributed by atoms with Gasteiger partial charge in [0.1, 0.15) is 0 Å². The average molecular weight is 418 g/mol. The SMILES string of the molecule is CCOC(=O)N1CCC(NC(=O)Cc2csc(NC(=O)c3ncccn3)n2)CC1. The Hall–Kier alpha value is -3.08. The predicted molar refractivity (Wildman–Crippen MR) is 106 cm³/mol. The summed E-state index contributed by atoms with van der Waals surface area (Å²) in [5.74, 6) is -0.547. The number of amides is 3. The molecule has 0 spiro atoms. The first-order chi connectivity index (χ1) is 14.0. The molecule has 0 aliphatic carbocycles. The number of carbonyl (C=O) groups excluding carboxylic acids is 3. The summed E-state index contributed by atoms with van der Waals surface area (Å²) in [6.07, 6.45) is 4.13. The van der Waals surface area contributed by atoms with Gasteiger partial charge in [-0.05, 0) is 25.8 Å². The Morgan fingerprint density at radius 2 is 1.97 bits per heavy atom. The third kappa shape index (κ3) is 5.95. The molecule has 0 radical (unpaired) electrons. The van der Waals surface area contributed by atoms with Crippen LogP contribution in [0.3, 0.4) is 0 Å². The van der Waals surface area contributed by atoms with Gasteiger partial charge >= 0.3 is 6.09 Å². The van der Waals surface area contributed by atoms with E-state index in [0.717, 1.165) is 0 Å². The van der Waals surface area contributed by atoms with E-state index in [1.54, 1.807) is 23.3 Å². The highest BCUT2D eigenvalue weighted by Crippen LogP contribution is 2.17. The number of aromatic nitrogens is 3. The molecule has 11 heteroatoms. The molecule has 3 rings (SSSR count). The molecule has 0 unspecified atom stereocenters. The van der Waals surface area contributed by atoms with Gasteiger partial charge in [0.15, 0.2) is 5.13 Å². The van der Waals surface area contributed by atoms with Gasteiger partial charge in [0.2, 0.25) is 11.7 Å². The zero-order valence-corrected chi connectivity index (χ0v) is 16.8. The molecule has 10 nitrogen and oxygen atoms in total. The van der Waals surface area contributed by atoms with Crippen LogP contribution in [-0.4, -0.2) is 63.5 Å². The number of thiazole rings is 1. The van der Waals surface area contributed by atoms with Gasteiger partial charge in [-0.15, -0.1) is 11.3 Å². The van der Waals surface area contributed by atoms with E-state index in [2.05, 4.69) is 25.6 Å². The molecule has 3 heterocycles. The van der Waals surface area contributed by atoms with Crippen molar-refractivity contribution in [1.82, 2.24) is 25.2 Å². The zero-order valence-electron chi connectivity index (χ0n) is 16.0. The van der Waals surface area contributed by atoms with Crippen LogP contribution in [0.2, 0.25) is 0 Å². The summed E-state index contributed by atoms with van der Waals surface area (Å²) in [7, 11) is 0. The summed E-state index contributed by atoms with van der Waals surface area (Å²) in [6.45, 7) is 3.23. The van der Waals surface area contributed by atoms with Crippen LogP contribution in [0.15, 0.2) is 23.8 Å². The van der Waals surface area contributed by atoms with E-state index in [1.165, 1.54) is 23.7 Å². The summed E-state index contributed by atoms with van der Waals surface area (Å²) < 4.78 is 4.99. The first-order valence-electron chi connectivity index (χ1n) is 9.29. The Kier molecular flexibility index (Phi) is 7.06. The molecule has 0 aromatic carbocycles. The summed E-state index contributed by atoms with van der Waals surface area (Å²) in [6, 6.07) is 1.64. The van der Waals surface area contributed by atoms with Gasteiger partial charge in [-0.3, -0.25) is 14.9 Å². The molecule has 29 heavy (non-hydrogen) atoms. The minimum Gasteiger partial charge on any atom is -0.450 e. The Balaban J connectivity index is 1.44. The van der Waals surface area contributed by atoms with Crippen LogP contribution in [-0.2, 0) is 16.0 Å². The lowest BCUT2D eigenvalue weighted by atomic mass is 10.1. The second-order valence-corrected chi connectivity index (χ2v) is 7.23. The van der Waals surface area contributed by atoms with Gasteiger partial charge < -0.3 is 15.0 Å². The molecule has 2 aromatic rings. The van der Waals surface area contributed by atoms with Crippen molar-refractivity contribution in [2.75, 3.05) is 25.0 Å². The standard InChI is InChI=1S/C18H22N6O4S/c1-2-28-18(27)24-8-4-12(5-9-24)21-14(25)10-13-11-29-17(22-13)23-16(26)15-19-6-3-7-20-15/h3,6-7,11-12H,2,4-5,8-10H2,1H3,(H,21,25)(H,22,23,26). The lowest BCUT2D eigenvalue weighted by Crippen LogP contribution is -2.47. The van der Waals surface area contributed by atoms with Crippen molar-refractivity contribution in [2.24, 2.45) is 0 Å². The smallest absolute Gasteiger partial charge is 0.409 e. The molecule has 0 atom stereocenters. The summed E-state index contributed by atoms with van der Waals surface area (Å²) >= 11 is 1.23. The van der Waals surface area contributed by atoms with Gasteiger partial charge in [0.05, 0.1) is 18.7 Å². The van der Waals surface area contributed by atoms with E-state index in [0.29, 0.717) is 43.4 Å². The van der Waals surface area contributed by atoms with Crippen molar-refractivity contribution in [3.8, 4) is 0 Å². The Bertz CT molecular complexity index is 851. The Morgan fingerprint density at radius 1 is 1.24 bits per heavy atom. The maximum atomic E-state index is 12.3. The molecule has 0 saturated carbocycles. The van der Waals surface area contributed by atoms with Gasteiger partial charge in [-0.1, -0.05) is 0 Å². The van der Waals surface area contributed by atoms with Crippen LogP contribution >= 0.6 is 11.3 Å². The number of ether oxygens (including phenoxy) is 1. The van der Waals surface area contributed by atoms with Crippen molar-refractivity contribution in [3.63, 3.8) is 0 Å². The first-order valence-corrected chi connectivity index (χ1v) is 10.2. The third-order valence-electron chi connectivity index (χ3n) is 4.27. The third-order valence-corrected chi connectivity index (χ3v) is 5.08. The monoisotopic (exact) mass is 418 g/mol. The summed E-state index contributed by atoms with van der Waals surface area (Å²) in [5, 5.41) is 7.70. The van der Waals surface area contributed by atoms with Gasteiger partial charge in [0, 0.05) is 36.9 Å². The highest BCUT2D eigenvalue weighted by atomic mass is 32.1. The number of rotatable bonds is 6. The fourth-order valence-electron chi connectivity index (χ4n) is 2.88. The number of hydrogen-bond donors (Lipinski definition) is 2. The lowest BCUT2D eigenvalue weighted by molar-refractivity contribution is -0.121. The minimum absolute atomic E-state index is 0.0150. The second-order valence-electron chi connectivity index (χ2n) is 6.38. The Labute approximate surface area is 171 Å². The number of piperidine rings is 1. The van der Waals surface area contributed by atoms with E-state index in [4.69, 9.17) is 4.74 Å². The normalized spacial score (nSPS) is 14.3. The number of likely N-dealkylation sites (tertiary alicyclic amines) is 1. The molecule has 0 bridgehead atoms. The highest BCUT2D eigenvalue weighted by molar-refractivity contribution is 7.14. The maximum absolute atomic E-state index is 12.3. The predicted octanol–water partition coefficient (Wildman–Crippen LogP) is 1.46. The largest absolute Gasteiger partial charge is 0.450 e. The maximum Gasteiger partial charge on any atom is 0.409 e. The summed E-state index contributed by atoms with van der Waals surface area (Å²) in [4.78, 5) is 49.7. The minimum atomic E-state index is -0.454. The van der Waals surface area contributed by atoms with Crippen LogP contribution in [0.5, 0.6) is 0 Å². The van der Waals surface area contributed by atoms with Gasteiger partial charge in [-0.25, -0.2) is 19.7 Å². The number of hydrogen-bond acceptors (Lipinski definition) is 8. The fraction of sp³-hybridized carbons (Fsp3) is 0.444. The molecular weight excluding hydrogens is 396 g/mol.